The highest BCUT2D eigenvalue weighted by atomic mass is 35.5. The summed E-state index contributed by atoms with van der Waals surface area (Å²) < 4.78 is 13.8. The number of aromatic nitrogens is 1. The first-order valence-electron chi connectivity index (χ1n) is 9.02. The lowest BCUT2D eigenvalue weighted by molar-refractivity contribution is 0.102. The van der Waals surface area contributed by atoms with Gasteiger partial charge in [-0.05, 0) is 42.3 Å². The number of benzene rings is 2. The van der Waals surface area contributed by atoms with Crippen LogP contribution in [0.2, 0.25) is 0 Å². The van der Waals surface area contributed by atoms with Crippen LogP contribution in [0.3, 0.4) is 0 Å². The van der Waals surface area contributed by atoms with E-state index in [1.165, 1.54) is 6.07 Å². The van der Waals surface area contributed by atoms with E-state index in [1.807, 2.05) is 18.2 Å². The molecule has 30 heavy (non-hydrogen) atoms. The average molecular weight is 452 g/mol. The van der Waals surface area contributed by atoms with E-state index in [9.17, 15) is 14.3 Å². The maximum Gasteiger partial charge on any atom is 0.257 e. The van der Waals surface area contributed by atoms with Crippen LogP contribution >= 0.6 is 24.8 Å². The molecule has 0 bridgehead atoms. The first kappa shape index (κ1) is 25.5. The Balaban J connectivity index is 0.00000225. The van der Waals surface area contributed by atoms with Gasteiger partial charge in [0.2, 0.25) is 0 Å². The molecule has 0 saturated heterocycles. The van der Waals surface area contributed by atoms with E-state index in [0.717, 1.165) is 0 Å². The van der Waals surface area contributed by atoms with E-state index >= 15 is 0 Å². The number of rotatable bonds is 7. The molecule has 0 aliphatic rings. The molecular formula is C22H24Cl2FN3O2. The van der Waals surface area contributed by atoms with E-state index < -0.39 is 12.1 Å². The third-order valence-corrected chi connectivity index (χ3v) is 4.48. The maximum absolute atomic E-state index is 13.8. The highest BCUT2D eigenvalue weighted by Crippen LogP contribution is 2.15. The van der Waals surface area contributed by atoms with Crippen molar-refractivity contribution in [2.24, 2.45) is 5.73 Å². The zero-order valence-corrected chi connectivity index (χ0v) is 17.7. The minimum absolute atomic E-state index is 0. The Hall–Kier alpha value is -2.51. The van der Waals surface area contributed by atoms with Crippen LogP contribution in [0.5, 0.6) is 0 Å². The number of nitrogens with zero attached hydrogens (tertiary/aromatic N) is 1. The number of amides is 1. The quantitative estimate of drug-likeness (QED) is 0.509. The molecule has 3 aromatic rings. The normalized spacial score (nSPS) is 12.1. The van der Waals surface area contributed by atoms with E-state index in [-0.39, 0.29) is 49.4 Å². The van der Waals surface area contributed by atoms with Crippen molar-refractivity contribution in [1.29, 1.82) is 0 Å². The zero-order chi connectivity index (χ0) is 19.9. The first-order valence-corrected chi connectivity index (χ1v) is 9.02. The second kappa shape index (κ2) is 12.2. The van der Waals surface area contributed by atoms with Gasteiger partial charge in [0.25, 0.3) is 5.91 Å². The van der Waals surface area contributed by atoms with Crippen molar-refractivity contribution < 1.29 is 14.3 Å². The van der Waals surface area contributed by atoms with Gasteiger partial charge in [0.1, 0.15) is 5.82 Å². The lowest BCUT2D eigenvalue weighted by Crippen LogP contribution is -2.38. The van der Waals surface area contributed by atoms with Gasteiger partial charge in [-0.1, -0.05) is 36.4 Å². The monoisotopic (exact) mass is 451 g/mol. The Morgan fingerprint density at radius 2 is 1.67 bits per heavy atom. The minimum atomic E-state index is -0.974. The van der Waals surface area contributed by atoms with Crippen molar-refractivity contribution in [2.75, 3.05) is 5.32 Å². The molecule has 0 aliphatic heterocycles. The molecule has 0 fully saturated rings. The molecule has 0 unspecified atom stereocenters. The van der Waals surface area contributed by atoms with Gasteiger partial charge in [0, 0.05) is 24.3 Å². The van der Waals surface area contributed by atoms with Crippen LogP contribution in [0.25, 0.3) is 0 Å². The van der Waals surface area contributed by atoms with Gasteiger partial charge in [0.15, 0.2) is 0 Å². The molecule has 0 aliphatic carbocycles. The van der Waals surface area contributed by atoms with Crippen LogP contribution in [0, 0.1) is 5.82 Å². The van der Waals surface area contributed by atoms with E-state index in [4.69, 9.17) is 5.73 Å². The van der Waals surface area contributed by atoms with Gasteiger partial charge >= 0.3 is 0 Å². The third kappa shape index (κ3) is 6.78. The first-order chi connectivity index (χ1) is 13.5. The zero-order valence-electron chi connectivity index (χ0n) is 16.1. The molecule has 0 spiro atoms. The Bertz CT molecular complexity index is 944. The molecule has 2 aromatic carbocycles. The number of hydrogen-bond acceptors (Lipinski definition) is 4. The summed E-state index contributed by atoms with van der Waals surface area (Å²) in [5, 5.41) is 13.3. The summed E-state index contributed by atoms with van der Waals surface area (Å²) >= 11 is 0. The van der Waals surface area contributed by atoms with Crippen molar-refractivity contribution in [1.82, 2.24) is 4.98 Å². The molecular weight excluding hydrogens is 428 g/mol. The molecule has 8 heteroatoms. The maximum atomic E-state index is 13.8. The standard InChI is InChI=1S/C22H22FN3O2.2ClH/c23-18-11-5-4-7-15(18)13-19(24)21(27)14-20-17(10-6-12-25-20)22(28)26-16-8-2-1-3-9-16;;/h1-12,19,21,27H,13-14,24H2,(H,26,28);2*1H/t19-,21+;;/m1../s1. The number of hydrogen-bond donors (Lipinski definition) is 3. The fourth-order valence-electron chi connectivity index (χ4n) is 2.93. The minimum Gasteiger partial charge on any atom is -0.391 e. The van der Waals surface area contributed by atoms with Crippen LogP contribution < -0.4 is 11.1 Å². The van der Waals surface area contributed by atoms with Gasteiger partial charge in [-0.25, -0.2) is 4.39 Å². The van der Waals surface area contributed by atoms with Crippen LogP contribution in [0.15, 0.2) is 72.9 Å². The summed E-state index contributed by atoms with van der Waals surface area (Å²) in [5.41, 5.74) is 7.98. The number of halogens is 3. The molecule has 1 aromatic heterocycles. The van der Waals surface area contributed by atoms with Crippen LogP contribution in [-0.4, -0.2) is 28.1 Å². The molecule has 0 radical (unpaired) electrons. The Kier molecular flexibility index (Phi) is 10.4. The summed E-state index contributed by atoms with van der Waals surface area (Å²) in [7, 11) is 0. The number of para-hydroxylation sites is 1. The molecule has 2 atom stereocenters. The van der Waals surface area contributed by atoms with Crippen LogP contribution in [0.1, 0.15) is 21.6 Å². The average Bonchev–Trinajstić information content (AvgIpc) is 2.70. The lowest BCUT2D eigenvalue weighted by Gasteiger charge is -2.20. The number of nitrogens with two attached hydrogens (primary N) is 1. The Morgan fingerprint density at radius 1 is 1.00 bits per heavy atom. The fraction of sp³-hybridized carbons (Fsp3) is 0.182. The second-order valence-corrected chi connectivity index (χ2v) is 6.55. The molecule has 0 saturated carbocycles. The lowest BCUT2D eigenvalue weighted by atomic mass is 9.97. The number of aliphatic hydroxyl groups excluding tert-OH is 1. The van der Waals surface area contributed by atoms with Gasteiger partial charge in [0.05, 0.1) is 17.4 Å². The smallest absolute Gasteiger partial charge is 0.257 e. The van der Waals surface area contributed by atoms with Crippen molar-refractivity contribution in [3.05, 3.63) is 95.6 Å². The number of carbonyl (C=O) groups is 1. The van der Waals surface area contributed by atoms with E-state index in [2.05, 4.69) is 10.3 Å². The second-order valence-electron chi connectivity index (χ2n) is 6.55. The number of anilines is 1. The number of aliphatic hydroxyl groups is 1. The summed E-state index contributed by atoms with van der Waals surface area (Å²) in [6, 6.07) is 18.0. The highest BCUT2D eigenvalue weighted by molar-refractivity contribution is 6.05. The van der Waals surface area contributed by atoms with Crippen molar-refractivity contribution in [3.8, 4) is 0 Å². The molecule has 4 N–H and O–H groups in total. The summed E-state index contributed by atoms with van der Waals surface area (Å²) in [4.78, 5) is 16.8. The molecule has 1 heterocycles. The molecule has 160 valence electrons. The SMILES string of the molecule is Cl.Cl.N[C@H](Cc1ccccc1F)[C@@H](O)Cc1ncccc1C(=O)Nc1ccccc1. The van der Waals surface area contributed by atoms with Crippen LogP contribution in [-0.2, 0) is 12.8 Å². The van der Waals surface area contributed by atoms with Gasteiger partial charge < -0.3 is 16.2 Å². The largest absolute Gasteiger partial charge is 0.391 e. The van der Waals surface area contributed by atoms with Gasteiger partial charge in [-0.2, -0.15) is 0 Å². The van der Waals surface area contributed by atoms with E-state index in [0.29, 0.717) is 22.5 Å². The summed E-state index contributed by atoms with van der Waals surface area (Å²) in [5.74, 6) is -0.671. The van der Waals surface area contributed by atoms with Crippen molar-refractivity contribution in [2.45, 2.75) is 25.0 Å². The summed E-state index contributed by atoms with van der Waals surface area (Å²) in [6.45, 7) is 0. The highest BCUT2D eigenvalue weighted by Gasteiger charge is 2.21. The van der Waals surface area contributed by atoms with Crippen molar-refractivity contribution >= 4 is 36.4 Å². The third-order valence-electron chi connectivity index (χ3n) is 4.48. The number of carbonyl (C=O) groups excluding carboxylic acids is 1. The van der Waals surface area contributed by atoms with Gasteiger partial charge in [-0.15, -0.1) is 24.8 Å². The van der Waals surface area contributed by atoms with Gasteiger partial charge in [-0.3, -0.25) is 9.78 Å². The molecule has 5 nitrogen and oxygen atoms in total. The fourth-order valence-corrected chi connectivity index (χ4v) is 2.93. The Morgan fingerprint density at radius 3 is 2.37 bits per heavy atom. The number of nitrogens with one attached hydrogen (secondary N) is 1. The van der Waals surface area contributed by atoms with Crippen molar-refractivity contribution in [3.63, 3.8) is 0 Å². The predicted molar refractivity (Wildman–Crippen MR) is 121 cm³/mol. The predicted octanol–water partition coefficient (Wildman–Crippen LogP) is 3.79. The summed E-state index contributed by atoms with van der Waals surface area (Å²) in [6.07, 6.45) is 0.863. The Labute approximate surface area is 187 Å². The topological polar surface area (TPSA) is 88.2 Å². The van der Waals surface area contributed by atoms with E-state index in [1.54, 1.807) is 48.7 Å². The molecule has 1 amide bonds. The van der Waals surface area contributed by atoms with Crippen LogP contribution in [0.4, 0.5) is 10.1 Å². The number of pyridine rings is 1. The molecule has 3 rings (SSSR count).